The van der Waals surface area contributed by atoms with E-state index in [0.29, 0.717) is 18.0 Å². The number of hydrogen-bond donors (Lipinski definition) is 6. The van der Waals surface area contributed by atoms with Gasteiger partial charge in [-0.15, -0.1) is 0 Å². The Balaban J connectivity index is 2.87. The third-order valence-corrected chi connectivity index (χ3v) is 5.52. The van der Waals surface area contributed by atoms with Gasteiger partial charge in [0.05, 0.1) is 0 Å². The Morgan fingerprint density at radius 2 is 1.58 bits per heavy atom. The van der Waals surface area contributed by atoms with E-state index in [1.165, 1.54) is 31.2 Å². The fourth-order valence-corrected chi connectivity index (χ4v) is 3.73. The molecular formula is C23H36N3O9P. The van der Waals surface area contributed by atoms with Gasteiger partial charge in [0, 0.05) is 26.3 Å². The van der Waals surface area contributed by atoms with Crippen molar-refractivity contribution in [2.75, 3.05) is 6.54 Å². The van der Waals surface area contributed by atoms with Crippen molar-refractivity contribution in [3.8, 4) is 5.75 Å². The van der Waals surface area contributed by atoms with Crippen LogP contribution in [-0.2, 0) is 30.2 Å². The number of rotatable bonds is 16. The van der Waals surface area contributed by atoms with Crippen LogP contribution in [0.1, 0.15) is 58.4 Å². The summed E-state index contributed by atoms with van der Waals surface area (Å²) in [6, 6.07) is 3.37. The van der Waals surface area contributed by atoms with Crippen molar-refractivity contribution >= 4 is 31.5 Å². The standard InChI is InChI=1S/C23H36N3O9P/c1-15(2)6-4-5-13-24-22(30)19(11-12-21(28)29)26-23(31)20(25-16(3)27)14-17-7-9-18(10-8-17)35-36(32,33)34/h7-10,15,19-20H,4-6,11-14H2,1-3H3,(H,24,30)(H,25,27)(H,26,31)(H,28,29)(H2,32,33,34). The quantitative estimate of drug-likeness (QED) is 0.136. The molecule has 2 unspecified atom stereocenters. The summed E-state index contributed by atoms with van der Waals surface area (Å²) in [6.07, 6.45) is 2.23. The first-order valence-corrected chi connectivity index (χ1v) is 13.2. The van der Waals surface area contributed by atoms with Crippen LogP contribution in [0.25, 0.3) is 0 Å². The maximum absolute atomic E-state index is 13.0. The van der Waals surface area contributed by atoms with Gasteiger partial charge in [0.25, 0.3) is 0 Å². The zero-order valence-electron chi connectivity index (χ0n) is 20.7. The number of amides is 3. The predicted octanol–water partition coefficient (Wildman–Crippen LogP) is 1.50. The van der Waals surface area contributed by atoms with Crippen molar-refractivity contribution in [2.45, 2.75) is 71.4 Å². The van der Waals surface area contributed by atoms with Gasteiger partial charge < -0.3 is 25.6 Å². The molecule has 0 fully saturated rings. The maximum atomic E-state index is 13.0. The molecule has 3 amide bonds. The van der Waals surface area contributed by atoms with E-state index in [-0.39, 0.29) is 25.0 Å². The number of phosphoric ester groups is 1. The summed E-state index contributed by atoms with van der Waals surface area (Å²) in [4.78, 5) is 66.1. The molecule has 36 heavy (non-hydrogen) atoms. The normalized spacial score (nSPS) is 12.9. The summed E-state index contributed by atoms with van der Waals surface area (Å²) in [6.45, 7) is 5.82. The second kappa shape index (κ2) is 15.2. The van der Waals surface area contributed by atoms with Crippen molar-refractivity contribution in [3.63, 3.8) is 0 Å². The second-order valence-corrected chi connectivity index (χ2v) is 10.0. The molecule has 0 saturated carbocycles. The lowest BCUT2D eigenvalue weighted by Crippen LogP contribution is -2.54. The van der Waals surface area contributed by atoms with Gasteiger partial charge in [-0.2, -0.15) is 0 Å². The summed E-state index contributed by atoms with van der Waals surface area (Å²) in [7, 11) is -4.72. The Labute approximate surface area is 210 Å². The topological polar surface area (TPSA) is 191 Å². The molecule has 2 atom stereocenters. The minimum atomic E-state index is -4.72. The highest BCUT2D eigenvalue weighted by atomic mass is 31.2. The molecule has 0 aliphatic rings. The molecule has 0 heterocycles. The molecule has 6 N–H and O–H groups in total. The van der Waals surface area contributed by atoms with Crippen LogP contribution in [0.5, 0.6) is 5.75 Å². The first-order valence-electron chi connectivity index (χ1n) is 11.7. The van der Waals surface area contributed by atoms with Gasteiger partial charge in [-0.3, -0.25) is 29.0 Å². The van der Waals surface area contributed by atoms with Crippen molar-refractivity contribution in [3.05, 3.63) is 29.8 Å². The molecule has 202 valence electrons. The Bertz CT molecular complexity index is 931. The Morgan fingerprint density at radius 3 is 2.11 bits per heavy atom. The van der Waals surface area contributed by atoms with Gasteiger partial charge in [-0.25, -0.2) is 4.57 Å². The molecule has 13 heteroatoms. The number of unbranched alkanes of at least 4 members (excludes halogenated alkanes) is 1. The molecule has 0 bridgehead atoms. The van der Waals surface area contributed by atoms with Gasteiger partial charge in [-0.1, -0.05) is 38.8 Å². The van der Waals surface area contributed by atoms with Crippen LogP contribution >= 0.6 is 7.82 Å². The average Bonchev–Trinajstić information content (AvgIpc) is 2.75. The summed E-state index contributed by atoms with van der Waals surface area (Å²) in [5, 5.41) is 16.8. The molecule has 0 aromatic heterocycles. The molecule has 0 saturated heterocycles. The van der Waals surface area contributed by atoms with Crippen molar-refractivity contribution in [1.82, 2.24) is 16.0 Å². The van der Waals surface area contributed by atoms with E-state index in [2.05, 4.69) is 34.3 Å². The van der Waals surface area contributed by atoms with E-state index in [0.717, 1.165) is 19.3 Å². The van der Waals surface area contributed by atoms with Crippen molar-refractivity contribution in [1.29, 1.82) is 0 Å². The largest absolute Gasteiger partial charge is 0.524 e. The molecule has 1 rings (SSSR count). The smallest absolute Gasteiger partial charge is 0.481 e. The Hall–Kier alpha value is -2.95. The third-order valence-electron chi connectivity index (χ3n) is 5.07. The van der Waals surface area contributed by atoms with Gasteiger partial charge in [0.1, 0.15) is 17.8 Å². The van der Waals surface area contributed by atoms with Gasteiger partial charge in [0.15, 0.2) is 0 Å². The lowest BCUT2D eigenvalue weighted by atomic mass is 10.0. The lowest BCUT2D eigenvalue weighted by molar-refractivity contribution is -0.138. The molecule has 12 nitrogen and oxygen atoms in total. The van der Waals surface area contributed by atoms with E-state index in [1.54, 1.807) is 0 Å². The number of carbonyl (C=O) groups is 4. The first kappa shape index (κ1) is 31.1. The van der Waals surface area contributed by atoms with Crippen LogP contribution in [0, 0.1) is 5.92 Å². The van der Waals surface area contributed by atoms with Gasteiger partial charge in [0.2, 0.25) is 17.7 Å². The monoisotopic (exact) mass is 529 g/mol. The number of aliphatic carboxylic acids is 1. The SMILES string of the molecule is CC(=O)NC(Cc1ccc(OP(=O)(O)O)cc1)C(=O)NC(CCC(=O)O)C(=O)NCCCCC(C)C. The van der Waals surface area contributed by atoms with Gasteiger partial charge in [-0.05, 0) is 36.5 Å². The number of benzene rings is 1. The minimum Gasteiger partial charge on any atom is -0.481 e. The fourth-order valence-electron chi connectivity index (χ4n) is 3.34. The molecule has 0 spiro atoms. The van der Waals surface area contributed by atoms with Crippen LogP contribution in [0.3, 0.4) is 0 Å². The molecular weight excluding hydrogens is 493 g/mol. The highest BCUT2D eigenvalue weighted by Crippen LogP contribution is 2.37. The van der Waals surface area contributed by atoms with Crippen LogP contribution in [0.15, 0.2) is 24.3 Å². The second-order valence-electron chi connectivity index (χ2n) is 8.86. The van der Waals surface area contributed by atoms with Crippen molar-refractivity contribution in [2.24, 2.45) is 5.92 Å². The molecule has 1 aromatic rings. The van der Waals surface area contributed by atoms with E-state index in [9.17, 15) is 23.7 Å². The zero-order chi connectivity index (χ0) is 27.3. The van der Waals surface area contributed by atoms with Crippen LogP contribution in [0.4, 0.5) is 0 Å². The fraction of sp³-hybridized carbons (Fsp3) is 0.565. The number of carboxylic acid groups (broad SMARTS) is 1. The lowest BCUT2D eigenvalue weighted by Gasteiger charge is -2.23. The van der Waals surface area contributed by atoms with Crippen LogP contribution < -0.4 is 20.5 Å². The summed E-state index contributed by atoms with van der Waals surface area (Å²) in [5.74, 6) is -2.32. The zero-order valence-corrected chi connectivity index (χ0v) is 21.6. The molecule has 1 aromatic carbocycles. The Kier molecular flexibility index (Phi) is 13.1. The summed E-state index contributed by atoms with van der Waals surface area (Å²) >= 11 is 0. The third kappa shape index (κ3) is 13.8. The van der Waals surface area contributed by atoms with E-state index in [4.69, 9.17) is 14.9 Å². The summed E-state index contributed by atoms with van der Waals surface area (Å²) < 4.78 is 15.4. The van der Waals surface area contributed by atoms with E-state index in [1.807, 2.05) is 0 Å². The molecule has 0 radical (unpaired) electrons. The number of nitrogens with one attached hydrogen (secondary N) is 3. The van der Waals surface area contributed by atoms with E-state index >= 15 is 0 Å². The van der Waals surface area contributed by atoms with Crippen LogP contribution in [-0.4, -0.2) is 57.2 Å². The van der Waals surface area contributed by atoms with E-state index < -0.39 is 43.6 Å². The predicted molar refractivity (Wildman–Crippen MR) is 131 cm³/mol. The number of carboxylic acids is 1. The highest BCUT2D eigenvalue weighted by molar-refractivity contribution is 7.46. The summed E-state index contributed by atoms with van der Waals surface area (Å²) in [5.41, 5.74) is 0.540. The minimum absolute atomic E-state index is 0.00404. The van der Waals surface area contributed by atoms with Gasteiger partial charge >= 0.3 is 13.8 Å². The molecule has 0 aliphatic carbocycles. The van der Waals surface area contributed by atoms with Crippen molar-refractivity contribution < 1.29 is 43.2 Å². The van der Waals surface area contributed by atoms with Crippen LogP contribution in [0.2, 0.25) is 0 Å². The Morgan fingerprint density at radius 1 is 0.944 bits per heavy atom. The number of carbonyl (C=O) groups excluding carboxylic acids is 3. The number of hydrogen-bond acceptors (Lipinski definition) is 6. The number of phosphoric acid groups is 1. The maximum Gasteiger partial charge on any atom is 0.524 e. The average molecular weight is 530 g/mol. The highest BCUT2D eigenvalue weighted by Gasteiger charge is 2.27. The molecule has 0 aliphatic heterocycles. The first-order chi connectivity index (χ1) is 16.8.